The maximum absolute atomic E-state index is 13.0. The molecule has 2 saturated heterocycles. The minimum Gasteiger partial charge on any atom is -0.480 e. The summed E-state index contributed by atoms with van der Waals surface area (Å²) in [5.41, 5.74) is 0.393. The number of non-ortho nitro benzene ring substituents is 2. The van der Waals surface area contributed by atoms with Crippen molar-refractivity contribution in [3.8, 4) is 0 Å². The molecule has 2 aromatic carbocycles. The Morgan fingerprint density at radius 2 is 1.14 bits per heavy atom. The average molecular weight is 651 g/mol. The fourth-order valence-electron chi connectivity index (χ4n) is 4.69. The molecule has 2 amide bonds. The standard InChI is InChI=1S/C26H26N4O12S2/c31-21(27-19(25(33)34)13-43-23(27)15-3-1-5-17(9-15)29(37)38)11-41-7-8-42-12-22(32)28-20(26(35)36)14-44-24(28)16-4-2-6-18(10-16)30(39)40/h1-6,9-10,19-20,23-24H,7-8,11-14H2,(H,33,34)(H,35,36)/t19-,20-,23?,24?/m0/s1. The van der Waals surface area contributed by atoms with Crippen LogP contribution in [-0.2, 0) is 28.7 Å². The van der Waals surface area contributed by atoms with Crippen LogP contribution in [0.1, 0.15) is 21.9 Å². The van der Waals surface area contributed by atoms with Crippen LogP contribution in [-0.4, -0.2) is 104 Å². The van der Waals surface area contributed by atoms with Gasteiger partial charge in [0.05, 0.1) is 23.1 Å². The number of nitrogens with zero attached hydrogens (tertiary/aromatic N) is 4. The molecule has 4 atom stereocenters. The van der Waals surface area contributed by atoms with Crippen molar-refractivity contribution in [3.05, 3.63) is 79.9 Å². The number of carbonyl (C=O) groups excluding carboxylic acids is 2. The lowest BCUT2D eigenvalue weighted by atomic mass is 10.1. The maximum atomic E-state index is 13.0. The van der Waals surface area contributed by atoms with Crippen LogP contribution in [0.15, 0.2) is 48.5 Å². The van der Waals surface area contributed by atoms with Crippen LogP contribution in [0, 0.1) is 20.2 Å². The molecule has 16 nitrogen and oxygen atoms in total. The topological polar surface area (TPSA) is 220 Å². The molecule has 0 aromatic heterocycles. The molecule has 0 aliphatic carbocycles. The Labute approximate surface area is 257 Å². The molecule has 2 heterocycles. The first-order chi connectivity index (χ1) is 21.0. The van der Waals surface area contributed by atoms with Gasteiger partial charge in [-0.15, -0.1) is 23.5 Å². The number of carbonyl (C=O) groups is 4. The lowest BCUT2D eigenvalue weighted by Gasteiger charge is -2.28. The van der Waals surface area contributed by atoms with Gasteiger partial charge in [-0.3, -0.25) is 29.8 Å². The largest absolute Gasteiger partial charge is 0.480 e. The molecule has 18 heteroatoms. The molecule has 0 spiro atoms. The molecule has 0 radical (unpaired) electrons. The molecule has 0 saturated carbocycles. The highest BCUT2D eigenvalue weighted by atomic mass is 32.2. The van der Waals surface area contributed by atoms with Gasteiger partial charge in [-0.25, -0.2) is 9.59 Å². The van der Waals surface area contributed by atoms with E-state index in [1.807, 2.05) is 0 Å². The number of ether oxygens (including phenoxy) is 2. The van der Waals surface area contributed by atoms with Crippen LogP contribution in [0.3, 0.4) is 0 Å². The van der Waals surface area contributed by atoms with Crippen LogP contribution in [0.5, 0.6) is 0 Å². The molecule has 2 aliphatic rings. The first-order valence-electron chi connectivity index (χ1n) is 12.9. The van der Waals surface area contributed by atoms with Crippen molar-refractivity contribution in [1.82, 2.24) is 9.80 Å². The van der Waals surface area contributed by atoms with Crippen molar-refractivity contribution in [1.29, 1.82) is 0 Å². The molecule has 2 aromatic rings. The fourth-order valence-corrected chi connectivity index (χ4v) is 7.55. The third-order valence-electron chi connectivity index (χ3n) is 6.70. The molecule has 2 fully saturated rings. The van der Waals surface area contributed by atoms with Gasteiger partial charge in [-0.1, -0.05) is 24.3 Å². The number of nitro benzene ring substituents is 2. The van der Waals surface area contributed by atoms with Crippen LogP contribution < -0.4 is 0 Å². The van der Waals surface area contributed by atoms with Crippen molar-refractivity contribution < 1.29 is 48.7 Å². The van der Waals surface area contributed by atoms with Crippen molar-refractivity contribution >= 4 is 58.7 Å². The van der Waals surface area contributed by atoms with E-state index in [-0.39, 0.29) is 36.1 Å². The third kappa shape index (κ3) is 7.44. The van der Waals surface area contributed by atoms with E-state index in [1.54, 1.807) is 12.1 Å². The zero-order valence-corrected chi connectivity index (χ0v) is 24.4. The molecule has 0 bridgehead atoms. The van der Waals surface area contributed by atoms with Crippen LogP contribution in [0.25, 0.3) is 0 Å². The number of benzene rings is 2. The second-order valence-corrected chi connectivity index (χ2v) is 11.7. The van der Waals surface area contributed by atoms with Gasteiger partial charge in [0, 0.05) is 35.8 Å². The Bertz CT molecular complexity index is 1350. The summed E-state index contributed by atoms with van der Waals surface area (Å²) in [4.78, 5) is 73.0. The SMILES string of the molecule is O=C(O)[C@@H]1CSC(c2cccc([N+](=O)[O-])c2)N1C(=O)COCCOCC(=O)N1C(c2cccc([N+](=O)[O-])c2)SC[C@H]1C(=O)O. The van der Waals surface area contributed by atoms with Crippen molar-refractivity contribution in [3.63, 3.8) is 0 Å². The number of carboxylic acid groups (broad SMARTS) is 2. The van der Waals surface area contributed by atoms with Gasteiger partial charge in [0.15, 0.2) is 0 Å². The summed E-state index contributed by atoms with van der Waals surface area (Å²) in [7, 11) is 0. The van der Waals surface area contributed by atoms with Crippen LogP contribution in [0.2, 0.25) is 0 Å². The first-order valence-corrected chi connectivity index (χ1v) is 15.0. The second kappa shape index (κ2) is 14.5. The number of amides is 2. The van der Waals surface area contributed by atoms with E-state index in [2.05, 4.69) is 0 Å². The Hall–Kier alpha value is -4.26. The number of hydrogen-bond acceptors (Lipinski definition) is 12. The summed E-state index contributed by atoms with van der Waals surface area (Å²) in [6.07, 6.45) is 0. The van der Waals surface area contributed by atoms with Crippen LogP contribution in [0.4, 0.5) is 11.4 Å². The van der Waals surface area contributed by atoms with E-state index in [0.717, 1.165) is 33.3 Å². The van der Waals surface area contributed by atoms with Gasteiger partial charge in [0.25, 0.3) is 23.2 Å². The highest BCUT2D eigenvalue weighted by Gasteiger charge is 2.44. The van der Waals surface area contributed by atoms with Gasteiger partial charge in [0.2, 0.25) is 0 Å². The predicted molar refractivity (Wildman–Crippen MR) is 155 cm³/mol. The lowest BCUT2D eigenvalue weighted by Crippen LogP contribution is -2.45. The van der Waals surface area contributed by atoms with E-state index in [9.17, 15) is 49.6 Å². The minimum atomic E-state index is -1.23. The minimum absolute atomic E-state index is 0.0725. The second-order valence-electron chi connectivity index (χ2n) is 9.49. The molecule has 2 unspecified atom stereocenters. The molecule has 2 aliphatic heterocycles. The van der Waals surface area contributed by atoms with Gasteiger partial charge in [-0.2, -0.15) is 0 Å². The molecule has 2 N–H and O–H groups in total. The van der Waals surface area contributed by atoms with E-state index >= 15 is 0 Å². The highest BCUT2D eigenvalue weighted by molar-refractivity contribution is 8.00. The number of nitro groups is 2. The van der Waals surface area contributed by atoms with Gasteiger partial charge < -0.3 is 29.5 Å². The average Bonchev–Trinajstić information content (AvgIpc) is 3.65. The van der Waals surface area contributed by atoms with E-state index in [1.165, 1.54) is 36.4 Å². The first kappa shape index (κ1) is 32.6. The summed E-state index contributed by atoms with van der Waals surface area (Å²) < 4.78 is 10.7. The van der Waals surface area contributed by atoms with E-state index in [0.29, 0.717) is 11.1 Å². The predicted octanol–water partition coefficient (Wildman–Crippen LogP) is 2.29. The van der Waals surface area contributed by atoms with Gasteiger partial charge in [0.1, 0.15) is 36.0 Å². The number of carboxylic acids is 2. The molecule has 234 valence electrons. The van der Waals surface area contributed by atoms with Gasteiger partial charge >= 0.3 is 11.9 Å². The number of aliphatic carboxylic acids is 2. The molecular formula is C26H26N4O12S2. The van der Waals surface area contributed by atoms with E-state index in [4.69, 9.17) is 9.47 Å². The summed E-state index contributed by atoms with van der Waals surface area (Å²) in [5, 5.41) is 40.1. The maximum Gasteiger partial charge on any atom is 0.327 e. The van der Waals surface area contributed by atoms with E-state index < -0.39 is 69.6 Å². The van der Waals surface area contributed by atoms with Crippen LogP contribution >= 0.6 is 23.5 Å². The number of thioether (sulfide) groups is 2. The summed E-state index contributed by atoms with van der Waals surface area (Å²) in [6.45, 7) is -1.37. The van der Waals surface area contributed by atoms with Crippen molar-refractivity contribution in [2.75, 3.05) is 37.9 Å². The van der Waals surface area contributed by atoms with Gasteiger partial charge in [-0.05, 0) is 11.1 Å². The molecule has 44 heavy (non-hydrogen) atoms. The Kier molecular flexibility index (Phi) is 10.7. The quantitative estimate of drug-likeness (QED) is 0.180. The normalized spacial score (nSPS) is 21.3. The highest BCUT2D eigenvalue weighted by Crippen LogP contribution is 2.43. The van der Waals surface area contributed by atoms with Crippen molar-refractivity contribution in [2.45, 2.75) is 22.8 Å². The zero-order chi connectivity index (χ0) is 32.0. The summed E-state index contributed by atoms with van der Waals surface area (Å²) in [6, 6.07) is 8.83. The Morgan fingerprint density at radius 3 is 1.48 bits per heavy atom. The molecule has 4 rings (SSSR count). The van der Waals surface area contributed by atoms with Crippen molar-refractivity contribution in [2.24, 2.45) is 0 Å². The summed E-state index contributed by atoms with van der Waals surface area (Å²) in [5.74, 6) is -3.64. The Morgan fingerprint density at radius 1 is 0.750 bits per heavy atom. The summed E-state index contributed by atoms with van der Waals surface area (Å²) >= 11 is 2.31. The monoisotopic (exact) mass is 650 g/mol. The number of rotatable bonds is 13. The Balaban J connectivity index is 1.31. The zero-order valence-electron chi connectivity index (χ0n) is 22.8. The number of hydrogen-bond donors (Lipinski definition) is 2. The molecular weight excluding hydrogens is 624 g/mol. The third-order valence-corrected chi connectivity index (χ3v) is 9.35. The lowest BCUT2D eigenvalue weighted by molar-refractivity contribution is -0.385. The fraction of sp³-hybridized carbons (Fsp3) is 0.385. The smallest absolute Gasteiger partial charge is 0.327 e.